The summed E-state index contributed by atoms with van der Waals surface area (Å²) >= 11 is 0. The van der Waals surface area contributed by atoms with Crippen LogP contribution < -0.4 is 0 Å². The number of alkyl halides is 6. The smallest absolute Gasteiger partial charge is 0.425 e. The zero-order valence-electron chi connectivity index (χ0n) is 7.47. The van der Waals surface area contributed by atoms with Gasteiger partial charge in [0.15, 0.2) is 6.61 Å². The molecule has 0 aromatic rings. The van der Waals surface area contributed by atoms with Crippen molar-refractivity contribution >= 4 is 5.97 Å². The van der Waals surface area contributed by atoms with Gasteiger partial charge in [0.25, 0.3) is 6.17 Å². The van der Waals surface area contributed by atoms with Crippen molar-refractivity contribution < 1.29 is 41.0 Å². The summed E-state index contributed by atoms with van der Waals surface area (Å²) in [5.41, 5.74) is 0. The maximum absolute atomic E-state index is 12.4. The number of hydrogen-bond donors (Lipinski definition) is 1. The Bertz CT molecular complexity index is 272. The van der Waals surface area contributed by atoms with E-state index < -0.39 is 30.8 Å². The molecule has 0 heterocycles. The second kappa shape index (κ2) is 5.08. The van der Waals surface area contributed by atoms with Crippen molar-refractivity contribution in [3.05, 3.63) is 12.3 Å². The maximum atomic E-state index is 12.4. The molecule has 0 aliphatic rings. The zero-order valence-corrected chi connectivity index (χ0v) is 7.47. The predicted molar refractivity (Wildman–Crippen MR) is 38.6 cm³/mol. The molecule has 0 saturated heterocycles. The highest BCUT2D eigenvalue weighted by molar-refractivity contribution is 5.79. The van der Waals surface area contributed by atoms with Gasteiger partial charge < -0.3 is 9.84 Å². The molecule has 0 fully saturated rings. The summed E-state index contributed by atoms with van der Waals surface area (Å²) < 4.78 is 75.5. The van der Waals surface area contributed by atoms with Crippen LogP contribution in [0, 0.1) is 0 Å². The molecular weight excluding hydrogens is 246 g/mol. The number of rotatable bonds is 5. The third-order valence-electron chi connectivity index (χ3n) is 1.24. The summed E-state index contributed by atoms with van der Waals surface area (Å²) in [4.78, 5) is 9.81. The highest BCUT2D eigenvalue weighted by Gasteiger charge is 2.57. The van der Waals surface area contributed by atoms with E-state index in [2.05, 4.69) is 4.74 Å². The van der Waals surface area contributed by atoms with Gasteiger partial charge in [-0.05, 0) is 0 Å². The van der Waals surface area contributed by atoms with Gasteiger partial charge in [-0.25, -0.2) is 9.18 Å². The fraction of sp³-hybridized carbons (Fsp3) is 0.571. The molecule has 0 spiro atoms. The molecule has 0 bridgehead atoms. The van der Waals surface area contributed by atoms with Gasteiger partial charge in [-0.2, -0.15) is 22.0 Å². The van der Waals surface area contributed by atoms with Gasteiger partial charge in [-0.15, -0.1) is 0 Å². The second-order valence-electron chi connectivity index (χ2n) is 2.62. The molecule has 3 nitrogen and oxygen atoms in total. The fourth-order valence-corrected chi connectivity index (χ4v) is 0.578. The first kappa shape index (κ1) is 14.6. The molecule has 0 aromatic carbocycles. The van der Waals surface area contributed by atoms with Crippen molar-refractivity contribution in [1.82, 2.24) is 0 Å². The van der Waals surface area contributed by atoms with Crippen LogP contribution in [0.25, 0.3) is 0 Å². The predicted octanol–water partition coefficient (Wildman–Crippen LogP) is 2.14. The van der Waals surface area contributed by atoms with Crippen LogP contribution in [0.5, 0.6) is 0 Å². The normalized spacial score (nSPS) is 15.1. The minimum Gasteiger partial charge on any atom is -0.495 e. The summed E-state index contributed by atoms with van der Waals surface area (Å²) in [6, 6.07) is 0. The molecule has 9 heteroatoms. The third kappa shape index (κ3) is 4.89. The summed E-state index contributed by atoms with van der Waals surface area (Å²) in [5, 5.41) is 7.97. The number of carbonyl (C=O) groups is 1. The second-order valence-corrected chi connectivity index (χ2v) is 2.62. The van der Waals surface area contributed by atoms with Crippen LogP contribution >= 0.6 is 0 Å². The third-order valence-corrected chi connectivity index (χ3v) is 1.24. The molecule has 0 aliphatic carbocycles. The first-order chi connectivity index (χ1) is 7.07. The van der Waals surface area contributed by atoms with Crippen LogP contribution in [0.2, 0.25) is 0 Å². The maximum Gasteiger partial charge on any atom is 0.425 e. The van der Waals surface area contributed by atoms with Gasteiger partial charge in [-0.3, -0.25) is 0 Å². The lowest BCUT2D eigenvalue weighted by molar-refractivity contribution is -0.252. The molecule has 0 radical (unpaired) electrons. The molecule has 0 saturated carbocycles. The number of aliphatic carboxylic acids is 1. The van der Waals surface area contributed by atoms with Crippen LogP contribution in [-0.2, 0) is 9.53 Å². The summed E-state index contributed by atoms with van der Waals surface area (Å²) in [7, 11) is 0. The van der Waals surface area contributed by atoms with Crippen molar-refractivity contribution in [3.63, 3.8) is 0 Å². The number of carboxylic acid groups (broad SMARTS) is 1. The van der Waals surface area contributed by atoms with E-state index in [1.807, 2.05) is 0 Å². The summed E-state index contributed by atoms with van der Waals surface area (Å²) in [6.45, 7) is -1.91. The topological polar surface area (TPSA) is 46.5 Å². The fourth-order valence-electron chi connectivity index (χ4n) is 0.578. The molecule has 0 rings (SSSR count). The highest BCUT2D eigenvalue weighted by atomic mass is 19.4. The van der Waals surface area contributed by atoms with Gasteiger partial charge in [-0.1, -0.05) is 0 Å². The standard InChI is InChI=1S/C7H6F6O3/c8-5(7(11,12)13)6(9,10)3-16-2-1-4(14)15/h1-2,5H,3H2,(H,14,15). The highest BCUT2D eigenvalue weighted by Crippen LogP contribution is 2.34. The van der Waals surface area contributed by atoms with E-state index in [1.165, 1.54) is 0 Å². The SMILES string of the molecule is O=C(O)C=COCC(F)(F)C(F)C(F)(F)F. The Labute approximate surface area is 85.3 Å². The Morgan fingerprint density at radius 1 is 1.31 bits per heavy atom. The first-order valence-electron chi connectivity index (χ1n) is 3.67. The van der Waals surface area contributed by atoms with E-state index in [0.717, 1.165) is 0 Å². The van der Waals surface area contributed by atoms with E-state index in [9.17, 15) is 31.1 Å². The van der Waals surface area contributed by atoms with Crippen molar-refractivity contribution in [1.29, 1.82) is 0 Å². The van der Waals surface area contributed by atoms with Crippen molar-refractivity contribution in [2.75, 3.05) is 6.61 Å². The van der Waals surface area contributed by atoms with E-state index in [1.54, 1.807) is 0 Å². The molecular formula is C7H6F6O3. The lowest BCUT2D eigenvalue weighted by Gasteiger charge is -2.21. The number of carboxylic acids is 1. The van der Waals surface area contributed by atoms with Gasteiger partial charge in [0, 0.05) is 0 Å². The molecule has 0 aliphatic heterocycles. The average molecular weight is 252 g/mol. The van der Waals surface area contributed by atoms with Crippen LogP contribution in [0.1, 0.15) is 0 Å². The van der Waals surface area contributed by atoms with Crippen LogP contribution in [0.4, 0.5) is 26.3 Å². The lowest BCUT2D eigenvalue weighted by atomic mass is 10.2. The molecule has 1 N–H and O–H groups in total. The van der Waals surface area contributed by atoms with Crippen LogP contribution in [0.3, 0.4) is 0 Å². The molecule has 0 amide bonds. The van der Waals surface area contributed by atoms with Crippen LogP contribution in [0.15, 0.2) is 12.3 Å². The van der Waals surface area contributed by atoms with E-state index in [-0.39, 0.29) is 12.3 Å². The minimum atomic E-state index is -5.70. The van der Waals surface area contributed by atoms with E-state index in [4.69, 9.17) is 5.11 Å². The first-order valence-corrected chi connectivity index (χ1v) is 3.67. The van der Waals surface area contributed by atoms with Crippen molar-refractivity contribution in [2.45, 2.75) is 18.3 Å². The quantitative estimate of drug-likeness (QED) is 0.463. The van der Waals surface area contributed by atoms with Crippen LogP contribution in [-0.4, -0.2) is 36.0 Å². The van der Waals surface area contributed by atoms with E-state index >= 15 is 0 Å². The van der Waals surface area contributed by atoms with E-state index in [0.29, 0.717) is 0 Å². The monoisotopic (exact) mass is 252 g/mol. The number of halogens is 6. The molecule has 1 atom stereocenters. The Kier molecular flexibility index (Phi) is 4.63. The van der Waals surface area contributed by atoms with Crippen molar-refractivity contribution in [3.8, 4) is 0 Å². The van der Waals surface area contributed by atoms with Gasteiger partial charge in [0.2, 0.25) is 0 Å². The molecule has 94 valence electrons. The molecule has 0 aromatic heterocycles. The summed E-state index contributed by atoms with van der Waals surface area (Å²) in [5.74, 6) is -6.32. The lowest BCUT2D eigenvalue weighted by Crippen LogP contribution is -2.44. The Hall–Kier alpha value is -1.41. The zero-order chi connectivity index (χ0) is 13.0. The van der Waals surface area contributed by atoms with Gasteiger partial charge in [0.05, 0.1) is 12.3 Å². The average Bonchev–Trinajstić information content (AvgIpc) is 2.09. The Morgan fingerprint density at radius 3 is 2.19 bits per heavy atom. The minimum absolute atomic E-state index is 0.235. The largest absolute Gasteiger partial charge is 0.495 e. The van der Waals surface area contributed by atoms with Gasteiger partial charge >= 0.3 is 18.1 Å². The summed E-state index contributed by atoms with van der Waals surface area (Å²) in [6.07, 6.45) is -9.56. The number of hydrogen-bond acceptors (Lipinski definition) is 2. The number of ether oxygens (including phenoxy) is 1. The molecule has 1 unspecified atom stereocenters. The Morgan fingerprint density at radius 2 is 1.81 bits per heavy atom. The van der Waals surface area contributed by atoms with Gasteiger partial charge in [0.1, 0.15) is 0 Å². The van der Waals surface area contributed by atoms with Crippen molar-refractivity contribution in [2.24, 2.45) is 0 Å². The molecule has 16 heavy (non-hydrogen) atoms. The Balaban J connectivity index is 4.30.